The van der Waals surface area contributed by atoms with Crippen LogP contribution in [0.1, 0.15) is 12.5 Å². The first-order valence-corrected chi connectivity index (χ1v) is 8.47. The van der Waals surface area contributed by atoms with Gasteiger partial charge in [-0.3, -0.25) is 4.79 Å². The van der Waals surface area contributed by atoms with Crippen LogP contribution in [0.25, 0.3) is 10.8 Å². The van der Waals surface area contributed by atoms with E-state index >= 15 is 0 Å². The zero-order chi connectivity index (χ0) is 16.9. The summed E-state index contributed by atoms with van der Waals surface area (Å²) in [7, 11) is 0. The van der Waals surface area contributed by atoms with Crippen molar-refractivity contribution in [1.29, 1.82) is 0 Å². The SMILES string of the molecule is CCc1cccc2c(SNc3ccc(F)cc3)ccc(NC=O)c12. The van der Waals surface area contributed by atoms with Crippen molar-refractivity contribution >= 4 is 40.5 Å². The van der Waals surface area contributed by atoms with Gasteiger partial charge in [-0.25, -0.2) is 4.39 Å². The number of aryl methyl sites for hydroxylation is 1. The third kappa shape index (κ3) is 3.36. The standard InChI is InChI=1S/C19H17FN2OS/c1-2-13-4-3-5-16-18(11-10-17(19(13)16)21-12-23)24-22-15-8-6-14(20)7-9-15/h3-12,22H,2H2,1H3,(H,21,23). The first-order chi connectivity index (χ1) is 11.7. The van der Waals surface area contributed by atoms with Crippen molar-refractivity contribution in [2.75, 3.05) is 10.0 Å². The van der Waals surface area contributed by atoms with E-state index in [0.717, 1.165) is 33.5 Å². The molecule has 0 heterocycles. The molecule has 24 heavy (non-hydrogen) atoms. The molecule has 2 N–H and O–H groups in total. The highest BCUT2D eigenvalue weighted by molar-refractivity contribution is 8.00. The van der Waals surface area contributed by atoms with Crippen molar-refractivity contribution in [3.8, 4) is 0 Å². The maximum atomic E-state index is 13.0. The number of nitrogens with one attached hydrogen (secondary N) is 2. The van der Waals surface area contributed by atoms with Crippen molar-refractivity contribution in [2.45, 2.75) is 18.2 Å². The predicted octanol–water partition coefficient (Wildman–Crippen LogP) is 5.23. The molecule has 0 aromatic heterocycles. The minimum atomic E-state index is -0.257. The first kappa shape index (κ1) is 16.3. The van der Waals surface area contributed by atoms with Gasteiger partial charge >= 0.3 is 0 Å². The van der Waals surface area contributed by atoms with Gasteiger partial charge in [-0.05, 0) is 65.7 Å². The molecule has 0 unspecified atom stereocenters. The molecule has 3 nitrogen and oxygen atoms in total. The predicted molar refractivity (Wildman–Crippen MR) is 98.9 cm³/mol. The summed E-state index contributed by atoms with van der Waals surface area (Å²) in [6.45, 7) is 2.09. The lowest BCUT2D eigenvalue weighted by atomic mass is 10.0. The molecule has 0 aliphatic carbocycles. The van der Waals surface area contributed by atoms with Crippen LogP contribution in [-0.2, 0) is 11.2 Å². The molecule has 122 valence electrons. The van der Waals surface area contributed by atoms with Gasteiger partial charge in [0.05, 0.1) is 0 Å². The van der Waals surface area contributed by atoms with Crippen LogP contribution in [0.2, 0.25) is 0 Å². The van der Waals surface area contributed by atoms with Crippen LogP contribution in [0.3, 0.4) is 0 Å². The highest BCUT2D eigenvalue weighted by atomic mass is 32.2. The molecule has 0 spiro atoms. The lowest BCUT2D eigenvalue weighted by Gasteiger charge is -2.14. The van der Waals surface area contributed by atoms with E-state index in [1.807, 2.05) is 24.3 Å². The van der Waals surface area contributed by atoms with Gasteiger partial charge in [0.2, 0.25) is 6.41 Å². The zero-order valence-electron chi connectivity index (χ0n) is 13.2. The number of anilines is 2. The highest BCUT2D eigenvalue weighted by Crippen LogP contribution is 2.35. The Kier molecular flexibility index (Phi) is 5.01. The minimum absolute atomic E-state index is 0.257. The van der Waals surface area contributed by atoms with E-state index < -0.39 is 0 Å². The van der Waals surface area contributed by atoms with E-state index in [1.165, 1.54) is 29.6 Å². The van der Waals surface area contributed by atoms with E-state index in [1.54, 1.807) is 12.1 Å². The Bertz CT molecular complexity index is 865. The van der Waals surface area contributed by atoms with Crippen LogP contribution in [0.4, 0.5) is 15.8 Å². The molecule has 3 aromatic carbocycles. The first-order valence-electron chi connectivity index (χ1n) is 7.66. The maximum Gasteiger partial charge on any atom is 0.211 e. The number of rotatable bonds is 6. The largest absolute Gasteiger partial charge is 0.328 e. The third-order valence-corrected chi connectivity index (χ3v) is 4.72. The van der Waals surface area contributed by atoms with Gasteiger partial charge in [0.15, 0.2) is 0 Å². The summed E-state index contributed by atoms with van der Waals surface area (Å²) in [5.74, 6) is -0.257. The average molecular weight is 340 g/mol. The molecular weight excluding hydrogens is 323 g/mol. The smallest absolute Gasteiger partial charge is 0.211 e. The number of halogens is 1. The van der Waals surface area contributed by atoms with Gasteiger partial charge < -0.3 is 10.0 Å². The van der Waals surface area contributed by atoms with Crippen molar-refractivity contribution in [2.24, 2.45) is 0 Å². The van der Waals surface area contributed by atoms with Crippen molar-refractivity contribution in [1.82, 2.24) is 0 Å². The molecule has 0 aliphatic heterocycles. The van der Waals surface area contributed by atoms with Gasteiger partial charge in [-0.1, -0.05) is 25.1 Å². The topological polar surface area (TPSA) is 41.1 Å². The lowest BCUT2D eigenvalue weighted by molar-refractivity contribution is -0.105. The van der Waals surface area contributed by atoms with Crippen molar-refractivity contribution in [3.05, 3.63) is 66.0 Å². The van der Waals surface area contributed by atoms with Crippen molar-refractivity contribution in [3.63, 3.8) is 0 Å². The quantitative estimate of drug-likeness (QED) is 0.477. The lowest BCUT2D eigenvalue weighted by Crippen LogP contribution is -1.98. The normalized spacial score (nSPS) is 10.6. The summed E-state index contributed by atoms with van der Waals surface area (Å²) >= 11 is 1.47. The molecule has 0 saturated carbocycles. The molecule has 3 rings (SSSR count). The molecule has 3 aromatic rings. The highest BCUT2D eigenvalue weighted by Gasteiger charge is 2.10. The molecule has 1 amide bonds. The average Bonchev–Trinajstić information content (AvgIpc) is 2.62. The molecule has 0 saturated heterocycles. The van der Waals surface area contributed by atoms with E-state index in [9.17, 15) is 9.18 Å². The Morgan fingerprint density at radius 2 is 1.88 bits per heavy atom. The van der Waals surface area contributed by atoms with Gasteiger partial charge in [-0.2, -0.15) is 0 Å². The van der Waals surface area contributed by atoms with Gasteiger partial charge in [0.1, 0.15) is 5.82 Å². The summed E-state index contributed by atoms with van der Waals surface area (Å²) in [6.07, 6.45) is 1.58. The summed E-state index contributed by atoms with van der Waals surface area (Å²) in [5, 5.41) is 4.90. The number of carbonyl (C=O) groups excluding carboxylic acids is 1. The second kappa shape index (κ2) is 7.36. The van der Waals surface area contributed by atoms with Crippen LogP contribution in [0.15, 0.2) is 59.5 Å². The molecule has 0 radical (unpaired) electrons. The van der Waals surface area contributed by atoms with Gasteiger partial charge in [-0.15, -0.1) is 0 Å². The number of fused-ring (bicyclic) bond motifs is 1. The van der Waals surface area contributed by atoms with E-state index in [2.05, 4.69) is 23.0 Å². The molecule has 5 heteroatoms. The Morgan fingerprint density at radius 3 is 2.58 bits per heavy atom. The van der Waals surface area contributed by atoms with Crippen LogP contribution < -0.4 is 10.0 Å². The van der Waals surface area contributed by atoms with E-state index in [4.69, 9.17) is 0 Å². The van der Waals surface area contributed by atoms with E-state index in [0.29, 0.717) is 6.41 Å². The summed E-state index contributed by atoms with van der Waals surface area (Å²) in [6, 6.07) is 16.3. The van der Waals surface area contributed by atoms with Crippen LogP contribution in [0, 0.1) is 5.82 Å². The third-order valence-electron chi connectivity index (χ3n) is 3.81. The fraction of sp³-hybridized carbons (Fsp3) is 0.105. The Morgan fingerprint density at radius 1 is 1.08 bits per heavy atom. The molecule has 0 atom stereocenters. The van der Waals surface area contributed by atoms with Gasteiger partial charge in [0.25, 0.3) is 0 Å². The summed E-state index contributed by atoms with van der Waals surface area (Å²) in [4.78, 5) is 11.9. The number of benzene rings is 3. The maximum absolute atomic E-state index is 13.0. The Labute approximate surface area is 144 Å². The summed E-state index contributed by atoms with van der Waals surface area (Å²) < 4.78 is 16.2. The van der Waals surface area contributed by atoms with Crippen molar-refractivity contribution < 1.29 is 9.18 Å². The van der Waals surface area contributed by atoms with Gasteiger partial charge in [0, 0.05) is 21.7 Å². The number of amides is 1. The monoisotopic (exact) mass is 340 g/mol. The Balaban J connectivity index is 1.97. The summed E-state index contributed by atoms with van der Waals surface area (Å²) in [5.41, 5.74) is 2.82. The number of hydrogen-bond acceptors (Lipinski definition) is 3. The second-order valence-electron chi connectivity index (χ2n) is 5.28. The zero-order valence-corrected chi connectivity index (χ0v) is 14.0. The fourth-order valence-corrected chi connectivity index (χ4v) is 3.43. The second-order valence-corrected chi connectivity index (χ2v) is 6.13. The molecule has 0 aliphatic rings. The molecule has 0 fully saturated rings. The minimum Gasteiger partial charge on any atom is -0.328 e. The molecular formula is C19H17FN2OS. The van der Waals surface area contributed by atoms with Crippen LogP contribution in [0.5, 0.6) is 0 Å². The van der Waals surface area contributed by atoms with Crippen LogP contribution in [-0.4, -0.2) is 6.41 Å². The van der Waals surface area contributed by atoms with E-state index in [-0.39, 0.29) is 5.82 Å². The number of carbonyl (C=O) groups is 1. The van der Waals surface area contributed by atoms with Crippen LogP contribution >= 0.6 is 11.9 Å². The Hall–Kier alpha value is -2.53. The number of hydrogen-bond donors (Lipinski definition) is 2. The fourth-order valence-electron chi connectivity index (χ4n) is 2.65. The molecule has 0 bridgehead atoms.